The first-order valence-electron chi connectivity index (χ1n) is 5.89. The van der Waals surface area contributed by atoms with Gasteiger partial charge >= 0.3 is 0 Å². The molecule has 0 saturated carbocycles. The molecule has 0 radical (unpaired) electrons. The standard InChI is InChI=1S/C14H22N2O/c1-9-6-7-12(10(2)8-9)11(3)16-14(4,5)13(15)17/h6-8,11,16H,1-5H3,(H2,15,17). The van der Waals surface area contributed by atoms with E-state index in [4.69, 9.17) is 5.73 Å². The molecule has 0 aliphatic rings. The van der Waals surface area contributed by atoms with Gasteiger partial charge < -0.3 is 5.73 Å². The van der Waals surface area contributed by atoms with Gasteiger partial charge in [0.1, 0.15) is 0 Å². The lowest BCUT2D eigenvalue weighted by Gasteiger charge is -2.28. The molecule has 3 N–H and O–H groups in total. The second-order valence-corrected chi connectivity index (χ2v) is 5.22. The van der Waals surface area contributed by atoms with Gasteiger partial charge in [-0.05, 0) is 45.7 Å². The Morgan fingerprint density at radius 3 is 2.41 bits per heavy atom. The third kappa shape index (κ3) is 3.30. The van der Waals surface area contributed by atoms with E-state index in [1.54, 1.807) is 13.8 Å². The highest BCUT2D eigenvalue weighted by atomic mass is 16.1. The predicted molar refractivity (Wildman–Crippen MR) is 70.7 cm³/mol. The summed E-state index contributed by atoms with van der Waals surface area (Å²) < 4.78 is 0. The van der Waals surface area contributed by atoms with Crippen LogP contribution < -0.4 is 11.1 Å². The second kappa shape index (κ2) is 4.88. The van der Waals surface area contributed by atoms with E-state index in [-0.39, 0.29) is 11.9 Å². The fourth-order valence-electron chi connectivity index (χ4n) is 2.00. The number of nitrogens with one attached hydrogen (secondary N) is 1. The molecule has 1 amide bonds. The lowest BCUT2D eigenvalue weighted by atomic mass is 9.96. The number of primary amides is 1. The Labute approximate surface area is 103 Å². The maximum atomic E-state index is 11.3. The number of hydrogen-bond donors (Lipinski definition) is 2. The summed E-state index contributed by atoms with van der Waals surface area (Å²) in [4.78, 5) is 11.3. The molecular weight excluding hydrogens is 212 g/mol. The Hall–Kier alpha value is -1.35. The van der Waals surface area contributed by atoms with Crippen LogP contribution in [0.25, 0.3) is 0 Å². The Bertz CT molecular complexity index is 424. The summed E-state index contributed by atoms with van der Waals surface area (Å²) in [7, 11) is 0. The topological polar surface area (TPSA) is 55.1 Å². The number of nitrogens with two attached hydrogens (primary N) is 1. The van der Waals surface area contributed by atoms with E-state index >= 15 is 0 Å². The molecule has 1 atom stereocenters. The summed E-state index contributed by atoms with van der Waals surface area (Å²) in [5, 5.41) is 3.26. The summed E-state index contributed by atoms with van der Waals surface area (Å²) in [6.45, 7) is 9.80. The van der Waals surface area contributed by atoms with E-state index < -0.39 is 5.54 Å². The quantitative estimate of drug-likeness (QED) is 0.839. The van der Waals surface area contributed by atoms with Crippen LogP contribution in [0.15, 0.2) is 18.2 Å². The summed E-state index contributed by atoms with van der Waals surface area (Å²) in [6, 6.07) is 6.42. The van der Waals surface area contributed by atoms with E-state index in [2.05, 4.69) is 37.4 Å². The van der Waals surface area contributed by atoms with E-state index in [1.165, 1.54) is 16.7 Å². The summed E-state index contributed by atoms with van der Waals surface area (Å²) >= 11 is 0. The largest absolute Gasteiger partial charge is 0.368 e. The number of aryl methyl sites for hydroxylation is 2. The van der Waals surface area contributed by atoms with Crippen molar-refractivity contribution >= 4 is 5.91 Å². The van der Waals surface area contributed by atoms with Gasteiger partial charge in [-0.1, -0.05) is 23.8 Å². The van der Waals surface area contributed by atoms with Gasteiger partial charge in [0.15, 0.2) is 0 Å². The number of hydrogen-bond acceptors (Lipinski definition) is 2. The average Bonchev–Trinajstić information content (AvgIpc) is 2.15. The zero-order valence-corrected chi connectivity index (χ0v) is 11.3. The first-order valence-corrected chi connectivity index (χ1v) is 5.89. The van der Waals surface area contributed by atoms with Crippen LogP contribution in [0.4, 0.5) is 0 Å². The summed E-state index contributed by atoms with van der Waals surface area (Å²) in [5.74, 6) is -0.339. The lowest BCUT2D eigenvalue weighted by Crippen LogP contribution is -2.51. The number of rotatable bonds is 4. The molecule has 0 heterocycles. The molecule has 1 unspecified atom stereocenters. The highest BCUT2D eigenvalue weighted by molar-refractivity contribution is 5.83. The lowest BCUT2D eigenvalue weighted by molar-refractivity contribution is -0.123. The van der Waals surface area contributed by atoms with Crippen LogP contribution in [-0.4, -0.2) is 11.4 Å². The molecule has 94 valence electrons. The van der Waals surface area contributed by atoms with Crippen LogP contribution in [0.1, 0.15) is 43.5 Å². The monoisotopic (exact) mass is 234 g/mol. The smallest absolute Gasteiger partial charge is 0.237 e. The van der Waals surface area contributed by atoms with E-state index in [0.29, 0.717) is 0 Å². The van der Waals surface area contributed by atoms with Crippen molar-refractivity contribution in [1.29, 1.82) is 0 Å². The number of carbonyl (C=O) groups is 1. The maximum Gasteiger partial charge on any atom is 0.237 e. The third-order valence-corrected chi connectivity index (χ3v) is 3.09. The highest BCUT2D eigenvalue weighted by Gasteiger charge is 2.27. The van der Waals surface area contributed by atoms with Crippen molar-refractivity contribution < 1.29 is 4.79 Å². The van der Waals surface area contributed by atoms with Crippen molar-refractivity contribution in [2.45, 2.75) is 46.2 Å². The van der Waals surface area contributed by atoms with Gasteiger partial charge in [0.2, 0.25) is 5.91 Å². The van der Waals surface area contributed by atoms with Crippen LogP contribution in [0.5, 0.6) is 0 Å². The molecule has 1 rings (SSSR count). The van der Waals surface area contributed by atoms with Crippen molar-refractivity contribution in [2.24, 2.45) is 5.73 Å². The van der Waals surface area contributed by atoms with Gasteiger partial charge in [-0.2, -0.15) is 0 Å². The normalized spacial score (nSPS) is 13.5. The minimum atomic E-state index is -0.698. The number of benzene rings is 1. The van der Waals surface area contributed by atoms with Gasteiger partial charge in [0, 0.05) is 6.04 Å². The van der Waals surface area contributed by atoms with Gasteiger partial charge in [0.25, 0.3) is 0 Å². The number of amides is 1. The molecule has 1 aromatic carbocycles. The molecule has 1 aromatic rings. The molecule has 0 saturated heterocycles. The average molecular weight is 234 g/mol. The van der Waals surface area contributed by atoms with Crippen molar-refractivity contribution in [2.75, 3.05) is 0 Å². The van der Waals surface area contributed by atoms with E-state index in [1.807, 2.05) is 6.92 Å². The SMILES string of the molecule is Cc1ccc(C(C)NC(C)(C)C(N)=O)c(C)c1. The Morgan fingerprint density at radius 2 is 1.94 bits per heavy atom. The molecule has 0 aliphatic carbocycles. The zero-order valence-electron chi connectivity index (χ0n) is 11.3. The molecule has 17 heavy (non-hydrogen) atoms. The first-order chi connectivity index (χ1) is 7.74. The zero-order chi connectivity index (χ0) is 13.2. The van der Waals surface area contributed by atoms with Crippen molar-refractivity contribution in [1.82, 2.24) is 5.32 Å². The third-order valence-electron chi connectivity index (χ3n) is 3.09. The summed E-state index contributed by atoms with van der Waals surface area (Å²) in [6.07, 6.45) is 0. The minimum absolute atomic E-state index is 0.0955. The second-order valence-electron chi connectivity index (χ2n) is 5.22. The van der Waals surface area contributed by atoms with Crippen LogP contribution in [0.2, 0.25) is 0 Å². The minimum Gasteiger partial charge on any atom is -0.368 e. The fraction of sp³-hybridized carbons (Fsp3) is 0.500. The predicted octanol–water partition coefficient (Wildman–Crippen LogP) is 2.22. The molecule has 0 fully saturated rings. The van der Waals surface area contributed by atoms with Crippen LogP contribution >= 0.6 is 0 Å². The van der Waals surface area contributed by atoms with Gasteiger partial charge in [-0.15, -0.1) is 0 Å². The van der Waals surface area contributed by atoms with Gasteiger partial charge in [0.05, 0.1) is 5.54 Å². The Morgan fingerprint density at radius 1 is 1.35 bits per heavy atom. The maximum absolute atomic E-state index is 11.3. The van der Waals surface area contributed by atoms with Crippen molar-refractivity contribution in [3.63, 3.8) is 0 Å². The molecule has 0 aliphatic heterocycles. The van der Waals surface area contributed by atoms with Gasteiger partial charge in [-0.3, -0.25) is 10.1 Å². The van der Waals surface area contributed by atoms with Crippen LogP contribution in [0, 0.1) is 13.8 Å². The van der Waals surface area contributed by atoms with E-state index in [9.17, 15) is 4.79 Å². The highest BCUT2D eigenvalue weighted by Crippen LogP contribution is 2.20. The fourth-order valence-corrected chi connectivity index (χ4v) is 2.00. The molecule has 0 aromatic heterocycles. The van der Waals surface area contributed by atoms with Gasteiger partial charge in [-0.25, -0.2) is 0 Å². The molecular formula is C14H22N2O. The van der Waals surface area contributed by atoms with Crippen molar-refractivity contribution in [3.8, 4) is 0 Å². The Balaban J connectivity index is 2.90. The van der Waals surface area contributed by atoms with Crippen LogP contribution in [-0.2, 0) is 4.79 Å². The molecule has 3 heteroatoms. The number of carbonyl (C=O) groups excluding carboxylic acids is 1. The van der Waals surface area contributed by atoms with Crippen molar-refractivity contribution in [3.05, 3.63) is 34.9 Å². The Kier molecular flexibility index (Phi) is 3.94. The first kappa shape index (κ1) is 13.7. The molecule has 3 nitrogen and oxygen atoms in total. The van der Waals surface area contributed by atoms with E-state index in [0.717, 1.165) is 0 Å². The summed E-state index contributed by atoms with van der Waals surface area (Å²) in [5.41, 5.74) is 8.33. The van der Waals surface area contributed by atoms with Crippen LogP contribution in [0.3, 0.4) is 0 Å². The molecule has 0 spiro atoms. The molecule has 0 bridgehead atoms.